The lowest BCUT2D eigenvalue weighted by atomic mass is 10.1. The van der Waals surface area contributed by atoms with Crippen LogP contribution in [0.4, 0.5) is 0 Å². The minimum absolute atomic E-state index is 0.405. The van der Waals surface area contributed by atoms with Crippen LogP contribution in [0.2, 0.25) is 0 Å². The zero-order valence-corrected chi connectivity index (χ0v) is 14.0. The van der Waals surface area contributed by atoms with E-state index < -0.39 is 16.2 Å². The van der Waals surface area contributed by atoms with Crippen LogP contribution in [0.15, 0.2) is 47.5 Å². The van der Waals surface area contributed by atoms with Gasteiger partial charge in [0.25, 0.3) is 10.1 Å². The van der Waals surface area contributed by atoms with Gasteiger partial charge in [0.1, 0.15) is 0 Å². The van der Waals surface area contributed by atoms with Gasteiger partial charge in [-0.15, -0.1) is 0 Å². The summed E-state index contributed by atoms with van der Waals surface area (Å²) in [5, 5.41) is 0. The van der Waals surface area contributed by atoms with Crippen molar-refractivity contribution in [2.75, 3.05) is 6.26 Å². The summed E-state index contributed by atoms with van der Waals surface area (Å²) in [6.07, 6.45) is 7.14. The molecule has 1 atom stereocenters. The molecule has 2 rings (SSSR count). The summed E-state index contributed by atoms with van der Waals surface area (Å²) in [5.74, 6) is 0. The number of rotatable bonds is 7. The van der Waals surface area contributed by atoms with Gasteiger partial charge >= 0.3 is 0 Å². The van der Waals surface area contributed by atoms with Crippen LogP contribution >= 0.6 is 15.9 Å². The third kappa shape index (κ3) is 5.99. The molecule has 0 saturated carbocycles. The molecular formula is C14H17BrN2O3S. The van der Waals surface area contributed by atoms with Crippen molar-refractivity contribution in [3.05, 3.63) is 53.0 Å². The van der Waals surface area contributed by atoms with Crippen LogP contribution in [0.3, 0.4) is 0 Å². The van der Waals surface area contributed by atoms with Gasteiger partial charge in [-0.1, -0.05) is 28.1 Å². The van der Waals surface area contributed by atoms with E-state index in [2.05, 4.69) is 20.9 Å². The maximum Gasteiger partial charge on any atom is 0.264 e. The summed E-state index contributed by atoms with van der Waals surface area (Å²) < 4.78 is 30.8. The summed E-state index contributed by atoms with van der Waals surface area (Å²) in [6, 6.07) is 7.97. The predicted octanol–water partition coefficient (Wildman–Crippen LogP) is 2.62. The van der Waals surface area contributed by atoms with Crippen molar-refractivity contribution in [3.8, 4) is 0 Å². The molecule has 1 aromatic heterocycles. The summed E-state index contributed by atoms with van der Waals surface area (Å²) in [6.45, 7) is 0.462. The molecule has 0 saturated heterocycles. The highest BCUT2D eigenvalue weighted by molar-refractivity contribution is 9.10. The molecule has 0 amide bonds. The van der Waals surface area contributed by atoms with Gasteiger partial charge < -0.3 is 4.57 Å². The SMILES string of the molecule is CS(=O)(=O)OC(CCc1ccc(Br)cc1)Cn1ccnc1. The third-order valence-electron chi connectivity index (χ3n) is 2.95. The summed E-state index contributed by atoms with van der Waals surface area (Å²) in [7, 11) is -3.48. The van der Waals surface area contributed by atoms with E-state index in [0.29, 0.717) is 13.0 Å². The molecule has 0 aliphatic rings. The Hall–Kier alpha value is -1.18. The normalized spacial score (nSPS) is 13.2. The van der Waals surface area contributed by atoms with Crippen LogP contribution in [0, 0.1) is 0 Å². The van der Waals surface area contributed by atoms with Gasteiger partial charge in [-0.3, -0.25) is 4.18 Å². The Morgan fingerprint density at radius 2 is 2.05 bits per heavy atom. The Morgan fingerprint density at radius 3 is 2.62 bits per heavy atom. The molecule has 1 heterocycles. The van der Waals surface area contributed by atoms with Crippen molar-refractivity contribution in [3.63, 3.8) is 0 Å². The molecule has 1 unspecified atom stereocenters. The van der Waals surface area contributed by atoms with Crippen LogP contribution in [0.5, 0.6) is 0 Å². The molecule has 1 aromatic carbocycles. The molecule has 5 nitrogen and oxygen atoms in total. The zero-order chi connectivity index (χ0) is 15.3. The van der Waals surface area contributed by atoms with E-state index in [9.17, 15) is 8.42 Å². The lowest BCUT2D eigenvalue weighted by molar-refractivity contribution is 0.180. The Kier molecular flexibility index (Phi) is 5.55. The van der Waals surface area contributed by atoms with Crippen molar-refractivity contribution in [2.24, 2.45) is 0 Å². The molecule has 21 heavy (non-hydrogen) atoms. The minimum Gasteiger partial charge on any atom is -0.335 e. The van der Waals surface area contributed by atoms with Gasteiger partial charge in [0, 0.05) is 16.9 Å². The maximum absolute atomic E-state index is 11.4. The number of benzene rings is 1. The van der Waals surface area contributed by atoms with E-state index in [1.165, 1.54) is 0 Å². The number of aromatic nitrogens is 2. The average molecular weight is 373 g/mol. The third-order valence-corrected chi connectivity index (χ3v) is 4.10. The molecule has 7 heteroatoms. The fourth-order valence-corrected chi connectivity index (χ4v) is 2.94. The molecule has 0 N–H and O–H groups in total. The standard InChI is InChI=1S/C14H17BrN2O3S/c1-21(18,19)20-14(10-17-9-8-16-11-17)7-4-12-2-5-13(15)6-3-12/h2-3,5-6,8-9,11,14H,4,7,10H2,1H3. The first kappa shape index (κ1) is 16.2. The highest BCUT2D eigenvalue weighted by Gasteiger charge is 2.16. The molecule has 0 spiro atoms. The van der Waals surface area contributed by atoms with Gasteiger partial charge in [-0.25, -0.2) is 4.98 Å². The first-order valence-corrected chi connectivity index (χ1v) is 9.12. The smallest absolute Gasteiger partial charge is 0.264 e. The van der Waals surface area contributed by atoms with E-state index >= 15 is 0 Å². The second-order valence-corrected chi connectivity index (χ2v) is 7.36. The van der Waals surface area contributed by atoms with E-state index in [1.54, 1.807) is 18.7 Å². The van der Waals surface area contributed by atoms with Gasteiger partial charge in [0.05, 0.1) is 25.2 Å². The van der Waals surface area contributed by atoms with Gasteiger partial charge in [-0.2, -0.15) is 8.42 Å². The second kappa shape index (κ2) is 7.20. The largest absolute Gasteiger partial charge is 0.335 e. The highest BCUT2D eigenvalue weighted by Crippen LogP contribution is 2.15. The minimum atomic E-state index is -3.48. The number of imidazole rings is 1. The molecule has 0 radical (unpaired) electrons. The highest BCUT2D eigenvalue weighted by atomic mass is 79.9. The van der Waals surface area contributed by atoms with Crippen molar-refractivity contribution in [2.45, 2.75) is 25.5 Å². The summed E-state index contributed by atoms with van der Waals surface area (Å²) >= 11 is 3.39. The average Bonchev–Trinajstić information content (AvgIpc) is 2.89. The zero-order valence-electron chi connectivity index (χ0n) is 11.6. The van der Waals surface area contributed by atoms with E-state index in [0.717, 1.165) is 22.7 Å². The maximum atomic E-state index is 11.4. The van der Waals surface area contributed by atoms with Gasteiger partial charge in [0.15, 0.2) is 0 Å². The Bertz CT molecular complexity index is 654. The molecule has 0 bridgehead atoms. The lowest BCUT2D eigenvalue weighted by Crippen LogP contribution is -2.23. The summed E-state index contributed by atoms with van der Waals surface area (Å²) in [5.41, 5.74) is 1.14. The molecule has 0 fully saturated rings. The number of hydrogen-bond donors (Lipinski definition) is 0. The molecule has 0 aliphatic heterocycles. The van der Waals surface area contributed by atoms with Crippen LogP contribution in [0.1, 0.15) is 12.0 Å². The van der Waals surface area contributed by atoms with Crippen molar-refractivity contribution < 1.29 is 12.6 Å². The van der Waals surface area contributed by atoms with Gasteiger partial charge in [-0.05, 0) is 30.5 Å². The quantitative estimate of drug-likeness (QED) is 0.700. The number of nitrogens with zero attached hydrogens (tertiary/aromatic N) is 2. The first-order chi connectivity index (χ1) is 9.92. The Balaban J connectivity index is 1.99. The summed E-state index contributed by atoms with van der Waals surface area (Å²) in [4.78, 5) is 3.95. The predicted molar refractivity (Wildman–Crippen MR) is 84.4 cm³/mol. The number of hydrogen-bond acceptors (Lipinski definition) is 4. The van der Waals surface area contributed by atoms with Crippen LogP contribution in [0.25, 0.3) is 0 Å². The van der Waals surface area contributed by atoms with Gasteiger partial charge in [0.2, 0.25) is 0 Å². The monoisotopic (exact) mass is 372 g/mol. The van der Waals surface area contributed by atoms with Crippen molar-refractivity contribution >= 4 is 26.0 Å². The molecule has 0 aliphatic carbocycles. The molecule has 2 aromatic rings. The first-order valence-electron chi connectivity index (χ1n) is 6.51. The van der Waals surface area contributed by atoms with Crippen LogP contribution < -0.4 is 0 Å². The number of halogens is 1. The van der Waals surface area contributed by atoms with Crippen LogP contribution in [-0.4, -0.2) is 30.3 Å². The fourth-order valence-electron chi connectivity index (χ4n) is 2.03. The van der Waals surface area contributed by atoms with Crippen LogP contribution in [-0.2, 0) is 27.3 Å². The number of aryl methyl sites for hydroxylation is 1. The Labute approximate surface area is 133 Å². The Morgan fingerprint density at radius 1 is 1.33 bits per heavy atom. The topological polar surface area (TPSA) is 61.2 Å². The van der Waals surface area contributed by atoms with E-state index in [1.807, 2.05) is 28.8 Å². The van der Waals surface area contributed by atoms with E-state index in [4.69, 9.17) is 4.18 Å². The molecular weight excluding hydrogens is 356 g/mol. The van der Waals surface area contributed by atoms with Crippen molar-refractivity contribution in [1.82, 2.24) is 9.55 Å². The second-order valence-electron chi connectivity index (χ2n) is 4.85. The van der Waals surface area contributed by atoms with E-state index in [-0.39, 0.29) is 0 Å². The fraction of sp³-hybridized carbons (Fsp3) is 0.357. The molecule has 114 valence electrons. The lowest BCUT2D eigenvalue weighted by Gasteiger charge is -2.16. The van der Waals surface area contributed by atoms with Crippen molar-refractivity contribution in [1.29, 1.82) is 0 Å².